The molecule has 29 heavy (non-hydrogen) atoms. The number of ether oxygens (including phenoxy) is 1. The predicted octanol–water partition coefficient (Wildman–Crippen LogP) is 3.87. The first-order chi connectivity index (χ1) is 13.7. The molecule has 0 bridgehead atoms. The highest BCUT2D eigenvalue weighted by Crippen LogP contribution is 2.29. The summed E-state index contributed by atoms with van der Waals surface area (Å²) in [4.78, 5) is 28.3. The van der Waals surface area contributed by atoms with Crippen LogP contribution in [0.5, 0.6) is 5.75 Å². The molecule has 2 aromatic rings. The number of aliphatic hydroxyl groups is 1. The van der Waals surface area contributed by atoms with Crippen molar-refractivity contribution in [2.75, 3.05) is 13.2 Å². The van der Waals surface area contributed by atoms with E-state index in [1.807, 2.05) is 12.1 Å². The van der Waals surface area contributed by atoms with E-state index in [4.69, 9.17) is 9.84 Å². The van der Waals surface area contributed by atoms with E-state index in [2.05, 4.69) is 9.99 Å². The highest BCUT2D eigenvalue weighted by atomic mass is 32.2. The standard InChI is InChI=1S/C19H16F3NO5S/c1-12(23-28-18(26)19(20,21)22)17(25)13-2-6-15(7-3-13)29-16-8-4-14(5-9-16)27-11-10-24/h2-9,24H,10-11H2,1H3. The van der Waals surface area contributed by atoms with Crippen molar-refractivity contribution < 1.29 is 37.4 Å². The number of ketones is 1. The molecular weight excluding hydrogens is 411 g/mol. The molecule has 0 fully saturated rings. The van der Waals surface area contributed by atoms with Crippen LogP contribution in [0, 0.1) is 0 Å². The van der Waals surface area contributed by atoms with Crippen LogP contribution in [-0.4, -0.2) is 42.0 Å². The van der Waals surface area contributed by atoms with Crippen molar-refractivity contribution in [1.82, 2.24) is 0 Å². The smallest absolute Gasteiger partial charge is 0.491 e. The molecule has 0 aliphatic carbocycles. The SMILES string of the molecule is CC(=NOC(=O)C(F)(F)F)C(=O)c1ccc(Sc2ccc(OCCO)cc2)cc1. The molecule has 0 aromatic heterocycles. The van der Waals surface area contributed by atoms with E-state index in [0.29, 0.717) is 5.75 Å². The Morgan fingerprint density at radius 3 is 2.10 bits per heavy atom. The van der Waals surface area contributed by atoms with Crippen LogP contribution in [0.4, 0.5) is 13.2 Å². The number of halogens is 3. The second kappa shape index (κ2) is 10.1. The quantitative estimate of drug-likeness (QED) is 0.298. The number of benzene rings is 2. The molecule has 0 aliphatic heterocycles. The number of nitrogens with zero attached hydrogens (tertiary/aromatic N) is 1. The fourth-order valence-electron chi connectivity index (χ4n) is 1.99. The number of oxime groups is 1. The molecule has 0 saturated carbocycles. The van der Waals surface area contributed by atoms with Gasteiger partial charge in [0.25, 0.3) is 0 Å². The lowest BCUT2D eigenvalue weighted by Gasteiger charge is -2.06. The third-order valence-electron chi connectivity index (χ3n) is 3.36. The summed E-state index contributed by atoms with van der Waals surface area (Å²) in [5.41, 5.74) is -0.201. The summed E-state index contributed by atoms with van der Waals surface area (Å²) < 4.78 is 41.5. The summed E-state index contributed by atoms with van der Waals surface area (Å²) in [6, 6.07) is 13.5. The van der Waals surface area contributed by atoms with Crippen LogP contribution >= 0.6 is 11.8 Å². The molecule has 0 aliphatic rings. The molecule has 1 N–H and O–H groups in total. The number of aliphatic hydroxyl groups excluding tert-OH is 1. The van der Waals surface area contributed by atoms with Crippen molar-refractivity contribution >= 4 is 29.2 Å². The minimum atomic E-state index is -5.19. The molecule has 0 saturated heterocycles. The molecule has 6 nitrogen and oxygen atoms in total. The van der Waals surface area contributed by atoms with Crippen LogP contribution in [0.3, 0.4) is 0 Å². The number of hydrogen-bond acceptors (Lipinski definition) is 7. The number of hydrogen-bond donors (Lipinski definition) is 1. The zero-order valence-corrected chi connectivity index (χ0v) is 15.9. The molecule has 2 aromatic carbocycles. The molecule has 2 rings (SSSR count). The molecular formula is C19H16F3NO5S. The average molecular weight is 427 g/mol. The number of rotatable bonds is 8. The van der Waals surface area contributed by atoms with Crippen LogP contribution in [0.15, 0.2) is 63.5 Å². The first kappa shape index (κ1) is 22.4. The first-order valence-electron chi connectivity index (χ1n) is 8.20. The van der Waals surface area contributed by atoms with Crippen molar-refractivity contribution in [3.8, 4) is 5.75 Å². The van der Waals surface area contributed by atoms with Gasteiger partial charge in [0.1, 0.15) is 18.1 Å². The Morgan fingerprint density at radius 1 is 1.03 bits per heavy atom. The summed E-state index contributed by atoms with van der Waals surface area (Å²) in [6.45, 7) is 1.28. The topological polar surface area (TPSA) is 85.2 Å². The van der Waals surface area contributed by atoms with E-state index in [1.54, 1.807) is 24.3 Å². The van der Waals surface area contributed by atoms with Gasteiger partial charge >= 0.3 is 12.1 Å². The molecule has 0 unspecified atom stereocenters. The minimum Gasteiger partial charge on any atom is -0.491 e. The maximum Gasteiger partial charge on any atom is 0.493 e. The monoisotopic (exact) mass is 427 g/mol. The molecule has 0 atom stereocenters. The maximum absolute atomic E-state index is 12.2. The van der Waals surface area contributed by atoms with Crippen molar-refractivity contribution in [2.24, 2.45) is 5.16 Å². The van der Waals surface area contributed by atoms with Gasteiger partial charge in [0.2, 0.25) is 5.78 Å². The van der Waals surface area contributed by atoms with E-state index in [0.717, 1.165) is 16.7 Å². The fraction of sp³-hybridized carbons (Fsp3) is 0.211. The second-order valence-electron chi connectivity index (χ2n) is 5.55. The Bertz CT molecular complexity index is 880. The predicted molar refractivity (Wildman–Crippen MR) is 99.2 cm³/mol. The van der Waals surface area contributed by atoms with E-state index in [1.165, 1.54) is 23.9 Å². The first-order valence-corrected chi connectivity index (χ1v) is 9.01. The van der Waals surface area contributed by atoms with Crippen molar-refractivity contribution in [3.05, 3.63) is 54.1 Å². The van der Waals surface area contributed by atoms with Gasteiger partial charge < -0.3 is 14.7 Å². The van der Waals surface area contributed by atoms with Crippen LogP contribution in [0.2, 0.25) is 0 Å². The molecule has 0 radical (unpaired) electrons. The Labute approximate surface area is 168 Å². The van der Waals surface area contributed by atoms with Crippen molar-refractivity contribution in [1.29, 1.82) is 0 Å². The number of carbonyl (C=O) groups is 2. The number of Topliss-reactive ketones (excluding diaryl/α,β-unsaturated/α-hetero) is 1. The second-order valence-corrected chi connectivity index (χ2v) is 6.70. The highest BCUT2D eigenvalue weighted by Gasteiger charge is 2.41. The van der Waals surface area contributed by atoms with Gasteiger partial charge in [0.15, 0.2) is 0 Å². The van der Waals surface area contributed by atoms with Gasteiger partial charge in [-0.3, -0.25) is 4.79 Å². The molecule has 0 heterocycles. The Hall–Kier alpha value is -2.85. The summed E-state index contributed by atoms with van der Waals surface area (Å²) in [5, 5.41) is 11.7. The summed E-state index contributed by atoms with van der Waals surface area (Å²) >= 11 is 1.43. The minimum absolute atomic E-state index is 0.0729. The Kier molecular flexibility index (Phi) is 7.80. The molecule has 154 valence electrons. The largest absolute Gasteiger partial charge is 0.493 e. The van der Waals surface area contributed by atoms with E-state index >= 15 is 0 Å². The highest BCUT2D eigenvalue weighted by molar-refractivity contribution is 7.99. The zero-order chi connectivity index (χ0) is 21.4. The van der Waals surface area contributed by atoms with Crippen LogP contribution in [-0.2, 0) is 9.63 Å². The van der Waals surface area contributed by atoms with E-state index in [9.17, 15) is 22.8 Å². The van der Waals surface area contributed by atoms with Gasteiger partial charge in [-0.2, -0.15) is 13.2 Å². The maximum atomic E-state index is 12.2. The van der Waals surface area contributed by atoms with Gasteiger partial charge in [0.05, 0.1) is 6.61 Å². The van der Waals surface area contributed by atoms with Crippen molar-refractivity contribution in [3.63, 3.8) is 0 Å². The van der Waals surface area contributed by atoms with E-state index < -0.39 is 17.9 Å². The third kappa shape index (κ3) is 6.91. The fourth-order valence-corrected chi connectivity index (χ4v) is 2.81. The lowest BCUT2D eigenvalue weighted by atomic mass is 10.1. The molecule has 10 heteroatoms. The van der Waals surface area contributed by atoms with Crippen molar-refractivity contribution in [2.45, 2.75) is 22.9 Å². The van der Waals surface area contributed by atoms with Gasteiger partial charge in [0, 0.05) is 15.4 Å². The molecule has 0 amide bonds. The zero-order valence-electron chi connectivity index (χ0n) is 15.1. The lowest BCUT2D eigenvalue weighted by molar-refractivity contribution is -0.199. The van der Waals surface area contributed by atoms with Crippen LogP contribution in [0.25, 0.3) is 0 Å². The Morgan fingerprint density at radius 2 is 1.59 bits per heavy atom. The van der Waals surface area contributed by atoms with Gasteiger partial charge in [-0.25, -0.2) is 4.79 Å². The third-order valence-corrected chi connectivity index (χ3v) is 4.38. The van der Waals surface area contributed by atoms with Crippen LogP contribution < -0.4 is 4.74 Å². The summed E-state index contributed by atoms with van der Waals surface area (Å²) in [5.74, 6) is -2.53. The van der Waals surface area contributed by atoms with Gasteiger partial charge in [-0.15, -0.1) is 0 Å². The lowest BCUT2D eigenvalue weighted by Crippen LogP contribution is -2.24. The number of carbonyl (C=O) groups excluding carboxylic acids is 2. The van der Waals surface area contributed by atoms with Gasteiger partial charge in [-0.1, -0.05) is 16.9 Å². The summed E-state index contributed by atoms with van der Waals surface area (Å²) in [7, 11) is 0. The van der Waals surface area contributed by atoms with Crippen LogP contribution in [0.1, 0.15) is 17.3 Å². The summed E-state index contributed by atoms with van der Waals surface area (Å²) in [6.07, 6.45) is -5.19. The van der Waals surface area contributed by atoms with Gasteiger partial charge in [-0.05, 0) is 55.5 Å². The molecule has 0 spiro atoms. The van der Waals surface area contributed by atoms with E-state index in [-0.39, 0.29) is 24.5 Å². The number of alkyl halides is 3. The Balaban J connectivity index is 1.98. The average Bonchev–Trinajstić information content (AvgIpc) is 2.70. The normalized spacial score (nSPS) is 11.8.